The molecule has 3 heterocycles. The Kier molecular flexibility index (Phi) is 5.93. The van der Waals surface area contributed by atoms with Gasteiger partial charge in [0.15, 0.2) is 5.52 Å². The van der Waals surface area contributed by atoms with Crippen LogP contribution in [0, 0.1) is 0 Å². The first-order chi connectivity index (χ1) is 15.5. The summed E-state index contributed by atoms with van der Waals surface area (Å²) in [5.74, 6) is -0.263. The highest BCUT2D eigenvalue weighted by Crippen LogP contribution is 2.17. The molecule has 1 amide bonds. The van der Waals surface area contributed by atoms with Gasteiger partial charge in [0.25, 0.3) is 5.56 Å². The minimum atomic E-state index is -0.578. The van der Waals surface area contributed by atoms with Gasteiger partial charge in [-0.25, -0.2) is 9.78 Å². The Labute approximate surface area is 184 Å². The molecule has 0 radical (unpaired) electrons. The van der Waals surface area contributed by atoms with Crippen LogP contribution in [0.5, 0.6) is 0 Å². The molecule has 0 spiro atoms. The van der Waals surface area contributed by atoms with Gasteiger partial charge in [-0.1, -0.05) is 24.3 Å². The Morgan fingerprint density at radius 2 is 1.62 bits per heavy atom. The highest BCUT2D eigenvalue weighted by molar-refractivity contribution is 5.94. The van der Waals surface area contributed by atoms with Crippen molar-refractivity contribution >= 4 is 22.6 Å². The first kappa shape index (κ1) is 21.2. The first-order valence-corrected chi connectivity index (χ1v) is 10.3. The van der Waals surface area contributed by atoms with E-state index in [0.29, 0.717) is 11.2 Å². The molecule has 0 bridgehead atoms. The van der Waals surface area contributed by atoms with Crippen molar-refractivity contribution in [3.63, 3.8) is 0 Å². The predicted octanol–water partition coefficient (Wildman–Crippen LogP) is 2.44. The molecule has 0 saturated carbocycles. The molecule has 32 heavy (non-hydrogen) atoms. The van der Waals surface area contributed by atoms with Crippen molar-refractivity contribution in [1.29, 1.82) is 0 Å². The number of hydrogen-bond donors (Lipinski definition) is 0. The molecule has 4 aromatic rings. The van der Waals surface area contributed by atoms with Gasteiger partial charge in [0.1, 0.15) is 6.54 Å². The van der Waals surface area contributed by atoms with Gasteiger partial charge in [-0.05, 0) is 50.2 Å². The van der Waals surface area contributed by atoms with Crippen LogP contribution in [0.1, 0.15) is 19.5 Å². The third-order valence-corrected chi connectivity index (χ3v) is 5.15. The largest absolute Gasteiger partial charge is 0.332 e. The number of hydrogen-bond acceptors (Lipinski definition) is 5. The summed E-state index contributed by atoms with van der Waals surface area (Å²) in [4.78, 5) is 49.8. The van der Waals surface area contributed by atoms with Gasteiger partial charge >= 0.3 is 5.69 Å². The molecule has 8 nitrogen and oxygen atoms in total. The molecule has 0 N–H and O–H groups in total. The maximum Gasteiger partial charge on any atom is 0.332 e. The Bertz CT molecular complexity index is 1360. The number of aromatic nitrogens is 4. The number of nitrogens with zero attached hydrogens (tertiary/aromatic N) is 5. The number of rotatable bonds is 6. The molecular weight excluding hydrogens is 406 g/mol. The van der Waals surface area contributed by atoms with Crippen LogP contribution in [0.25, 0.3) is 11.0 Å². The molecule has 0 aliphatic carbocycles. The smallest absolute Gasteiger partial charge is 0.308 e. The molecule has 0 saturated heterocycles. The van der Waals surface area contributed by atoms with Crippen molar-refractivity contribution in [2.45, 2.75) is 33.0 Å². The monoisotopic (exact) mass is 429 g/mol. The van der Waals surface area contributed by atoms with Crippen molar-refractivity contribution in [3.8, 4) is 0 Å². The van der Waals surface area contributed by atoms with Crippen LogP contribution in [0.2, 0.25) is 0 Å². The summed E-state index contributed by atoms with van der Waals surface area (Å²) >= 11 is 0. The zero-order valence-electron chi connectivity index (χ0n) is 17.9. The van der Waals surface area contributed by atoms with Crippen molar-refractivity contribution < 1.29 is 4.79 Å². The van der Waals surface area contributed by atoms with E-state index in [9.17, 15) is 14.4 Å². The summed E-state index contributed by atoms with van der Waals surface area (Å²) < 4.78 is 2.39. The summed E-state index contributed by atoms with van der Waals surface area (Å²) in [6, 6.07) is 17.7. The van der Waals surface area contributed by atoms with E-state index in [1.54, 1.807) is 41.4 Å². The highest BCUT2D eigenvalue weighted by Gasteiger charge is 2.22. The number of fused-ring (bicyclic) bond motifs is 1. The molecule has 0 unspecified atom stereocenters. The van der Waals surface area contributed by atoms with E-state index in [4.69, 9.17) is 0 Å². The van der Waals surface area contributed by atoms with E-state index in [0.717, 1.165) is 10.3 Å². The number of carbonyl (C=O) groups excluding carboxylic acids is 1. The number of pyridine rings is 2. The van der Waals surface area contributed by atoms with Crippen LogP contribution in [-0.4, -0.2) is 31.1 Å². The minimum absolute atomic E-state index is 0.00814. The fourth-order valence-corrected chi connectivity index (χ4v) is 3.72. The van der Waals surface area contributed by atoms with Crippen molar-refractivity contribution in [2.24, 2.45) is 0 Å². The molecule has 3 aromatic heterocycles. The van der Waals surface area contributed by atoms with E-state index in [1.165, 1.54) is 10.8 Å². The first-order valence-electron chi connectivity index (χ1n) is 10.3. The second kappa shape index (κ2) is 8.97. The number of benzene rings is 1. The average Bonchev–Trinajstić information content (AvgIpc) is 2.81. The van der Waals surface area contributed by atoms with E-state index < -0.39 is 11.2 Å². The van der Waals surface area contributed by atoms with E-state index in [2.05, 4.69) is 9.97 Å². The van der Waals surface area contributed by atoms with Gasteiger partial charge < -0.3 is 4.90 Å². The summed E-state index contributed by atoms with van der Waals surface area (Å²) in [5, 5.41) is 0. The van der Waals surface area contributed by atoms with Crippen LogP contribution < -0.4 is 16.1 Å². The maximum absolute atomic E-state index is 13.4. The lowest BCUT2D eigenvalue weighted by Gasteiger charge is -2.27. The molecule has 4 rings (SSSR count). The second-order valence-corrected chi connectivity index (χ2v) is 7.65. The van der Waals surface area contributed by atoms with Gasteiger partial charge in [-0.3, -0.25) is 23.7 Å². The van der Waals surface area contributed by atoms with Crippen LogP contribution in [0.15, 0.2) is 82.6 Å². The van der Waals surface area contributed by atoms with E-state index in [1.807, 2.05) is 44.2 Å². The maximum atomic E-state index is 13.4. The number of amides is 1. The van der Waals surface area contributed by atoms with E-state index in [-0.39, 0.29) is 30.6 Å². The molecule has 8 heteroatoms. The molecule has 0 aliphatic heterocycles. The zero-order valence-corrected chi connectivity index (χ0v) is 17.9. The zero-order chi connectivity index (χ0) is 22.7. The normalized spacial score (nSPS) is 11.1. The third kappa shape index (κ3) is 4.07. The molecule has 0 fully saturated rings. The number of carbonyl (C=O) groups is 1. The van der Waals surface area contributed by atoms with Crippen LogP contribution >= 0.6 is 0 Å². The highest BCUT2D eigenvalue weighted by atomic mass is 16.2. The Balaban J connectivity index is 1.82. The van der Waals surface area contributed by atoms with Crippen molar-refractivity contribution in [3.05, 3.63) is 99.6 Å². The molecule has 162 valence electrons. The van der Waals surface area contributed by atoms with Crippen LogP contribution in [0.3, 0.4) is 0 Å². The molecule has 1 aromatic carbocycles. The lowest BCUT2D eigenvalue weighted by atomic mass is 10.2. The Hall–Kier alpha value is -4.07. The topological polar surface area (TPSA) is 90.1 Å². The predicted molar refractivity (Wildman–Crippen MR) is 123 cm³/mol. The fourth-order valence-electron chi connectivity index (χ4n) is 3.72. The molecule has 0 aliphatic rings. The van der Waals surface area contributed by atoms with Gasteiger partial charge in [0.05, 0.1) is 17.8 Å². The Morgan fingerprint density at radius 3 is 2.31 bits per heavy atom. The van der Waals surface area contributed by atoms with Crippen LogP contribution in [0.4, 0.5) is 5.69 Å². The van der Waals surface area contributed by atoms with Gasteiger partial charge in [0, 0.05) is 24.1 Å². The lowest BCUT2D eigenvalue weighted by molar-refractivity contribution is -0.119. The summed E-state index contributed by atoms with van der Waals surface area (Å²) in [6.07, 6.45) is 3.10. The van der Waals surface area contributed by atoms with Crippen LogP contribution in [-0.2, 0) is 17.9 Å². The summed E-state index contributed by atoms with van der Waals surface area (Å²) in [7, 11) is 0. The molecule has 0 atom stereocenters. The SMILES string of the molecule is CC(C)N(C(=O)Cn1c(=O)n(Cc2ccccn2)c(=O)c2ncccc21)c1ccccc1. The van der Waals surface area contributed by atoms with Gasteiger partial charge in [-0.15, -0.1) is 0 Å². The summed E-state index contributed by atoms with van der Waals surface area (Å²) in [6.45, 7) is 3.59. The lowest BCUT2D eigenvalue weighted by Crippen LogP contribution is -2.45. The Morgan fingerprint density at radius 1 is 0.906 bits per heavy atom. The number of anilines is 1. The second-order valence-electron chi connectivity index (χ2n) is 7.65. The van der Waals surface area contributed by atoms with Gasteiger partial charge in [-0.2, -0.15) is 0 Å². The quantitative estimate of drug-likeness (QED) is 0.470. The minimum Gasteiger partial charge on any atom is -0.308 e. The van der Waals surface area contributed by atoms with Crippen molar-refractivity contribution in [1.82, 2.24) is 19.1 Å². The third-order valence-electron chi connectivity index (χ3n) is 5.15. The fraction of sp³-hybridized carbons (Fsp3) is 0.208. The van der Waals surface area contributed by atoms with E-state index >= 15 is 0 Å². The van der Waals surface area contributed by atoms with Gasteiger partial charge in [0.2, 0.25) is 5.91 Å². The standard InChI is InChI=1S/C24H23N5O3/c1-17(2)29(19-10-4-3-5-11-19)21(30)16-27-20-12-8-14-26-22(20)23(31)28(24(27)32)15-18-9-6-7-13-25-18/h3-14,17H,15-16H2,1-2H3. The molecular formula is C24H23N5O3. The van der Waals surface area contributed by atoms with Crippen molar-refractivity contribution in [2.75, 3.05) is 4.90 Å². The number of para-hydroxylation sites is 1. The average molecular weight is 429 g/mol. The summed E-state index contributed by atoms with van der Waals surface area (Å²) in [5.41, 5.74) is 0.671.